The first kappa shape index (κ1) is 10.7. The van der Waals surface area contributed by atoms with Gasteiger partial charge in [0.05, 0.1) is 5.69 Å². The van der Waals surface area contributed by atoms with E-state index in [4.69, 9.17) is 0 Å². The lowest BCUT2D eigenvalue weighted by Gasteiger charge is -2.04. The minimum Gasteiger partial charge on any atom is -0.380 e. The van der Waals surface area contributed by atoms with Crippen LogP contribution in [0, 0.1) is 18.6 Å². The van der Waals surface area contributed by atoms with Gasteiger partial charge < -0.3 is 10.3 Å². The number of nitrogens with one attached hydrogen (secondary N) is 2. The molecule has 0 atom stereocenters. The van der Waals surface area contributed by atoms with Crippen LogP contribution in [0.5, 0.6) is 0 Å². The van der Waals surface area contributed by atoms with Gasteiger partial charge in [-0.3, -0.25) is 0 Å². The molecule has 2 nitrogen and oxygen atoms in total. The maximum atomic E-state index is 12.9. The summed E-state index contributed by atoms with van der Waals surface area (Å²) in [5, 5.41) is 3.11. The summed E-state index contributed by atoms with van der Waals surface area (Å²) >= 11 is 0. The van der Waals surface area contributed by atoms with E-state index in [1.54, 1.807) is 6.07 Å². The molecule has 0 unspecified atom stereocenters. The third kappa shape index (κ3) is 2.39. The Labute approximate surface area is 92.3 Å². The largest absolute Gasteiger partial charge is 0.380 e. The second-order valence-electron chi connectivity index (χ2n) is 3.67. The normalized spacial score (nSPS) is 10.4. The summed E-state index contributed by atoms with van der Waals surface area (Å²) in [6.07, 6.45) is 1.83. The molecule has 0 aliphatic heterocycles. The van der Waals surface area contributed by atoms with Crippen molar-refractivity contribution in [2.45, 2.75) is 13.5 Å². The SMILES string of the molecule is Cc1cc(NCc2ccc(F)c(F)c2)c[nH]1. The lowest BCUT2D eigenvalue weighted by molar-refractivity contribution is 0.507. The number of hydrogen-bond donors (Lipinski definition) is 2. The maximum absolute atomic E-state index is 12.9. The molecule has 0 aliphatic rings. The molecule has 16 heavy (non-hydrogen) atoms. The molecular weight excluding hydrogens is 210 g/mol. The van der Waals surface area contributed by atoms with Crippen molar-refractivity contribution in [2.75, 3.05) is 5.32 Å². The van der Waals surface area contributed by atoms with Gasteiger partial charge in [0, 0.05) is 18.4 Å². The van der Waals surface area contributed by atoms with Crippen molar-refractivity contribution in [1.82, 2.24) is 4.98 Å². The molecule has 1 heterocycles. The number of aromatic nitrogens is 1. The second kappa shape index (κ2) is 4.35. The number of rotatable bonds is 3. The fourth-order valence-electron chi connectivity index (χ4n) is 1.46. The standard InChI is InChI=1S/C12H12F2N2/c1-8-4-10(7-15-8)16-6-9-2-3-11(13)12(14)5-9/h2-5,7,15-16H,6H2,1H3. The van der Waals surface area contributed by atoms with Crippen LogP contribution in [0.2, 0.25) is 0 Å². The van der Waals surface area contributed by atoms with Gasteiger partial charge >= 0.3 is 0 Å². The van der Waals surface area contributed by atoms with Crippen LogP contribution in [-0.4, -0.2) is 4.98 Å². The average Bonchev–Trinajstić information content (AvgIpc) is 2.66. The fourth-order valence-corrected chi connectivity index (χ4v) is 1.46. The van der Waals surface area contributed by atoms with Crippen LogP contribution in [0.3, 0.4) is 0 Å². The van der Waals surface area contributed by atoms with Crippen LogP contribution >= 0.6 is 0 Å². The number of benzene rings is 1. The molecule has 0 bridgehead atoms. The molecule has 84 valence electrons. The molecule has 0 spiro atoms. The van der Waals surface area contributed by atoms with E-state index in [9.17, 15) is 8.78 Å². The Bertz CT molecular complexity index is 492. The van der Waals surface area contributed by atoms with Gasteiger partial charge in [-0.2, -0.15) is 0 Å². The molecule has 0 fully saturated rings. The van der Waals surface area contributed by atoms with E-state index in [0.717, 1.165) is 17.4 Å². The molecule has 2 rings (SSSR count). The van der Waals surface area contributed by atoms with Crippen LogP contribution < -0.4 is 5.32 Å². The maximum Gasteiger partial charge on any atom is 0.159 e. The minimum absolute atomic E-state index is 0.467. The summed E-state index contributed by atoms with van der Waals surface area (Å²) < 4.78 is 25.6. The highest BCUT2D eigenvalue weighted by atomic mass is 19.2. The van der Waals surface area contributed by atoms with E-state index in [0.29, 0.717) is 12.1 Å². The van der Waals surface area contributed by atoms with Crippen molar-refractivity contribution >= 4 is 5.69 Å². The summed E-state index contributed by atoms with van der Waals surface area (Å²) in [5.74, 6) is -1.63. The summed E-state index contributed by atoms with van der Waals surface area (Å²) in [6, 6.07) is 5.83. The quantitative estimate of drug-likeness (QED) is 0.820. The highest BCUT2D eigenvalue weighted by Gasteiger charge is 2.02. The van der Waals surface area contributed by atoms with Crippen LogP contribution in [0.25, 0.3) is 0 Å². The number of halogens is 2. The molecule has 2 aromatic rings. The molecule has 0 saturated carbocycles. The second-order valence-corrected chi connectivity index (χ2v) is 3.67. The highest BCUT2D eigenvalue weighted by Crippen LogP contribution is 2.12. The first-order chi connectivity index (χ1) is 7.65. The van der Waals surface area contributed by atoms with Crippen molar-refractivity contribution in [3.05, 3.63) is 53.4 Å². The molecule has 0 aliphatic carbocycles. The average molecular weight is 222 g/mol. The third-order valence-corrected chi connectivity index (χ3v) is 2.31. The van der Waals surface area contributed by atoms with E-state index in [1.165, 1.54) is 6.07 Å². The number of aromatic amines is 1. The first-order valence-electron chi connectivity index (χ1n) is 4.98. The van der Waals surface area contributed by atoms with Crippen LogP contribution in [0.15, 0.2) is 30.5 Å². The van der Waals surface area contributed by atoms with Gasteiger partial charge in [0.15, 0.2) is 11.6 Å². The predicted molar refractivity (Wildman–Crippen MR) is 59.2 cm³/mol. The Balaban J connectivity index is 2.02. The highest BCUT2D eigenvalue weighted by molar-refractivity contribution is 5.43. The monoisotopic (exact) mass is 222 g/mol. The van der Waals surface area contributed by atoms with E-state index in [1.807, 2.05) is 19.2 Å². The van der Waals surface area contributed by atoms with Crippen molar-refractivity contribution in [1.29, 1.82) is 0 Å². The molecule has 1 aromatic carbocycles. The summed E-state index contributed by atoms with van der Waals surface area (Å²) in [6.45, 7) is 2.41. The number of H-pyrrole nitrogens is 1. The van der Waals surface area contributed by atoms with Crippen LogP contribution in [-0.2, 0) is 6.54 Å². The molecular formula is C12H12F2N2. The van der Waals surface area contributed by atoms with E-state index < -0.39 is 11.6 Å². The van der Waals surface area contributed by atoms with Crippen molar-refractivity contribution in [3.63, 3.8) is 0 Å². The van der Waals surface area contributed by atoms with Crippen molar-refractivity contribution in [2.24, 2.45) is 0 Å². The summed E-state index contributed by atoms with van der Waals surface area (Å²) in [5.41, 5.74) is 2.69. The topological polar surface area (TPSA) is 27.8 Å². The molecule has 0 saturated heterocycles. The number of hydrogen-bond acceptors (Lipinski definition) is 1. The van der Waals surface area contributed by atoms with Gasteiger partial charge in [0.2, 0.25) is 0 Å². The van der Waals surface area contributed by atoms with Gasteiger partial charge in [-0.1, -0.05) is 6.07 Å². The zero-order valence-electron chi connectivity index (χ0n) is 8.85. The number of anilines is 1. The van der Waals surface area contributed by atoms with Gasteiger partial charge in [-0.25, -0.2) is 8.78 Å². The Morgan fingerprint density at radius 1 is 1.19 bits per heavy atom. The predicted octanol–water partition coefficient (Wildman–Crippen LogP) is 3.21. The molecule has 2 N–H and O–H groups in total. The lowest BCUT2D eigenvalue weighted by Crippen LogP contribution is -1.99. The first-order valence-corrected chi connectivity index (χ1v) is 4.98. The lowest BCUT2D eigenvalue weighted by atomic mass is 10.2. The zero-order valence-corrected chi connectivity index (χ0v) is 8.85. The Morgan fingerprint density at radius 3 is 2.62 bits per heavy atom. The summed E-state index contributed by atoms with van der Waals surface area (Å²) in [7, 11) is 0. The zero-order chi connectivity index (χ0) is 11.5. The molecule has 0 radical (unpaired) electrons. The third-order valence-electron chi connectivity index (χ3n) is 2.31. The van der Waals surface area contributed by atoms with Crippen LogP contribution in [0.1, 0.15) is 11.3 Å². The van der Waals surface area contributed by atoms with E-state index in [-0.39, 0.29) is 0 Å². The van der Waals surface area contributed by atoms with E-state index in [2.05, 4.69) is 10.3 Å². The number of aryl methyl sites for hydroxylation is 1. The molecule has 0 amide bonds. The Hall–Kier alpha value is -1.84. The van der Waals surface area contributed by atoms with E-state index >= 15 is 0 Å². The molecule has 1 aromatic heterocycles. The summed E-state index contributed by atoms with van der Waals surface area (Å²) in [4.78, 5) is 3.03. The van der Waals surface area contributed by atoms with Gasteiger partial charge in [-0.15, -0.1) is 0 Å². The fraction of sp³-hybridized carbons (Fsp3) is 0.167. The van der Waals surface area contributed by atoms with Gasteiger partial charge in [0.1, 0.15) is 0 Å². The Kier molecular flexibility index (Phi) is 2.90. The van der Waals surface area contributed by atoms with Gasteiger partial charge in [-0.05, 0) is 30.7 Å². The van der Waals surface area contributed by atoms with Crippen molar-refractivity contribution < 1.29 is 8.78 Å². The minimum atomic E-state index is -0.818. The van der Waals surface area contributed by atoms with Gasteiger partial charge in [0.25, 0.3) is 0 Å². The Morgan fingerprint density at radius 2 is 2.00 bits per heavy atom. The van der Waals surface area contributed by atoms with Crippen LogP contribution in [0.4, 0.5) is 14.5 Å². The van der Waals surface area contributed by atoms with Crippen molar-refractivity contribution in [3.8, 4) is 0 Å². The molecule has 4 heteroatoms. The smallest absolute Gasteiger partial charge is 0.159 e.